The van der Waals surface area contributed by atoms with Crippen molar-refractivity contribution in [2.75, 3.05) is 12.4 Å². The molecule has 16 heavy (non-hydrogen) atoms. The van der Waals surface area contributed by atoms with E-state index in [-0.39, 0.29) is 22.9 Å². The van der Waals surface area contributed by atoms with E-state index in [0.717, 1.165) is 0 Å². The third-order valence-electron chi connectivity index (χ3n) is 2.09. The largest absolute Gasteiger partial charge is 0.493 e. The average molecular weight is 225 g/mol. The summed E-state index contributed by atoms with van der Waals surface area (Å²) >= 11 is 0. The Kier molecular flexibility index (Phi) is 3.60. The average Bonchev–Trinajstić information content (AvgIpc) is 2.20. The van der Waals surface area contributed by atoms with Crippen LogP contribution in [-0.2, 0) is 4.79 Å². The van der Waals surface area contributed by atoms with Gasteiger partial charge in [-0.25, -0.2) is 4.39 Å². The highest BCUT2D eigenvalue weighted by atomic mass is 19.1. The molecule has 1 aromatic rings. The minimum atomic E-state index is -0.629. The Hall–Kier alpha value is -1.91. The van der Waals surface area contributed by atoms with Crippen LogP contribution in [0.3, 0.4) is 0 Å². The molecule has 0 atom stereocenters. The normalized spacial score (nSPS) is 9.75. The van der Waals surface area contributed by atoms with Gasteiger partial charge in [-0.1, -0.05) is 0 Å². The SMILES string of the molecule is COc1c(F)cc(C)c(NC(C)=O)c1C=O. The molecular formula is C11H12FNO3. The number of rotatable bonds is 3. The second-order valence-electron chi connectivity index (χ2n) is 3.30. The van der Waals surface area contributed by atoms with Crippen LogP contribution in [0.25, 0.3) is 0 Å². The molecule has 1 aromatic carbocycles. The van der Waals surface area contributed by atoms with Gasteiger partial charge in [-0.2, -0.15) is 0 Å². The Bertz CT molecular complexity index is 443. The highest BCUT2D eigenvalue weighted by Crippen LogP contribution is 2.31. The first kappa shape index (κ1) is 12.2. The van der Waals surface area contributed by atoms with Crippen molar-refractivity contribution < 1.29 is 18.7 Å². The fraction of sp³-hybridized carbons (Fsp3) is 0.273. The van der Waals surface area contributed by atoms with Crippen molar-refractivity contribution in [3.63, 3.8) is 0 Å². The summed E-state index contributed by atoms with van der Waals surface area (Å²) in [7, 11) is 1.26. The summed E-state index contributed by atoms with van der Waals surface area (Å²) in [6.07, 6.45) is 0.459. The zero-order chi connectivity index (χ0) is 12.3. The van der Waals surface area contributed by atoms with Gasteiger partial charge in [0.1, 0.15) is 0 Å². The Morgan fingerprint density at radius 3 is 2.62 bits per heavy atom. The molecule has 5 heteroatoms. The van der Waals surface area contributed by atoms with Crippen molar-refractivity contribution >= 4 is 17.9 Å². The van der Waals surface area contributed by atoms with Crippen LogP contribution >= 0.6 is 0 Å². The molecule has 0 spiro atoms. The maximum absolute atomic E-state index is 13.4. The van der Waals surface area contributed by atoms with E-state index in [2.05, 4.69) is 5.32 Å². The number of methoxy groups -OCH3 is 1. The topological polar surface area (TPSA) is 55.4 Å². The Balaban J connectivity index is 3.45. The van der Waals surface area contributed by atoms with Gasteiger partial charge in [-0.05, 0) is 18.6 Å². The molecule has 4 nitrogen and oxygen atoms in total. The molecule has 0 bridgehead atoms. The van der Waals surface area contributed by atoms with Crippen molar-refractivity contribution in [3.05, 3.63) is 23.0 Å². The fourth-order valence-electron chi connectivity index (χ4n) is 1.44. The van der Waals surface area contributed by atoms with Gasteiger partial charge in [-0.3, -0.25) is 9.59 Å². The first-order chi connectivity index (χ1) is 7.51. The van der Waals surface area contributed by atoms with E-state index in [1.807, 2.05) is 0 Å². The molecule has 0 unspecified atom stereocenters. The van der Waals surface area contributed by atoms with Gasteiger partial charge in [-0.15, -0.1) is 0 Å². The lowest BCUT2D eigenvalue weighted by atomic mass is 10.1. The molecule has 1 N–H and O–H groups in total. The van der Waals surface area contributed by atoms with E-state index < -0.39 is 5.82 Å². The van der Waals surface area contributed by atoms with Gasteiger partial charge >= 0.3 is 0 Å². The molecule has 0 fully saturated rings. The number of benzene rings is 1. The number of hydrogen-bond donors (Lipinski definition) is 1. The van der Waals surface area contributed by atoms with Crippen LogP contribution in [0.1, 0.15) is 22.8 Å². The highest BCUT2D eigenvalue weighted by molar-refractivity contribution is 5.98. The van der Waals surface area contributed by atoms with Gasteiger partial charge in [0.15, 0.2) is 17.9 Å². The summed E-state index contributed by atoms with van der Waals surface area (Å²) < 4.78 is 18.2. The fourth-order valence-corrected chi connectivity index (χ4v) is 1.44. The van der Waals surface area contributed by atoms with Crippen molar-refractivity contribution in [2.24, 2.45) is 0 Å². The molecule has 0 radical (unpaired) electrons. The monoisotopic (exact) mass is 225 g/mol. The van der Waals surface area contributed by atoms with Crippen LogP contribution in [0, 0.1) is 12.7 Å². The number of ether oxygens (including phenoxy) is 1. The highest BCUT2D eigenvalue weighted by Gasteiger charge is 2.17. The number of amides is 1. The van der Waals surface area contributed by atoms with Gasteiger partial charge in [0.05, 0.1) is 18.4 Å². The first-order valence-electron chi connectivity index (χ1n) is 4.61. The number of anilines is 1. The van der Waals surface area contributed by atoms with Crippen molar-refractivity contribution in [3.8, 4) is 5.75 Å². The van der Waals surface area contributed by atoms with E-state index in [1.165, 1.54) is 20.1 Å². The molecule has 0 aliphatic rings. The molecule has 0 aromatic heterocycles. The van der Waals surface area contributed by atoms with Crippen LogP contribution in [0.2, 0.25) is 0 Å². The molecule has 1 rings (SSSR count). The summed E-state index contributed by atoms with van der Waals surface area (Å²) in [6.45, 7) is 2.91. The van der Waals surface area contributed by atoms with E-state index in [0.29, 0.717) is 11.8 Å². The second-order valence-corrected chi connectivity index (χ2v) is 3.30. The smallest absolute Gasteiger partial charge is 0.221 e. The summed E-state index contributed by atoms with van der Waals surface area (Å²) in [4.78, 5) is 21.9. The van der Waals surface area contributed by atoms with Gasteiger partial charge in [0.25, 0.3) is 0 Å². The zero-order valence-electron chi connectivity index (χ0n) is 9.26. The molecule has 1 amide bonds. The third kappa shape index (κ3) is 2.18. The van der Waals surface area contributed by atoms with Crippen LogP contribution < -0.4 is 10.1 Å². The summed E-state index contributed by atoms with van der Waals surface area (Å²) in [5.74, 6) is -1.12. The number of carbonyl (C=O) groups excluding carboxylic acids is 2. The maximum Gasteiger partial charge on any atom is 0.221 e. The predicted molar refractivity (Wildman–Crippen MR) is 57.4 cm³/mol. The second kappa shape index (κ2) is 4.74. The standard InChI is InChI=1S/C11H12FNO3/c1-6-4-9(12)11(16-3)8(5-14)10(6)13-7(2)15/h4-5H,1-3H3,(H,13,15). The van der Waals surface area contributed by atoms with Crippen molar-refractivity contribution in [2.45, 2.75) is 13.8 Å². The van der Waals surface area contributed by atoms with Crippen LogP contribution in [0.5, 0.6) is 5.75 Å². The quantitative estimate of drug-likeness (QED) is 0.799. The molecule has 0 aliphatic heterocycles. The number of aldehydes is 1. The van der Waals surface area contributed by atoms with E-state index in [9.17, 15) is 14.0 Å². The molecule has 0 saturated carbocycles. The van der Waals surface area contributed by atoms with E-state index in [1.54, 1.807) is 6.92 Å². The Morgan fingerprint density at radius 1 is 1.56 bits per heavy atom. The number of hydrogen-bond acceptors (Lipinski definition) is 3. The first-order valence-corrected chi connectivity index (χ1v) is 4.61. The molecule has 0 saturated heterocycles. The number of nitrogens with one attached hydrogen (secondary N) is 1. The summed E-state index contributed by atoms with van der Waals surface area (Å²) in [6, 6.07) is 1.21. The summed E-state index contributed by atoms with van der Waals surface area (Å²) in [5.41, 5.74) is 0.756. The van der Waals surface area contributed by atoms with Crippen LogP contribution in [0.15, 0.2) is 6.07 Å². The Morgan fingerprint density at radius 2 is 2.19 bits per heavy atom. The summed E-state index contributed by atoms with van der Waals surface area (Å²) in [5, 5.41) is 2.48. The van der Waals surface area contributed by atoms with Gasteiger partial charge < -0.3 is 10.1 Å². The van der Waals surface area contributed by atoms with Gasteiger partial charge in [0, 0.05) is 6.92 Å². The lowest BCUT2D eigenvalue weighted by Crippen LogP contribution is -2.11. The zero-order valence-corrected chi connectivity index (χ0v) is 9.26. The van der Waals surface area contributed by atoms with Crippen molar-refractivity contribution in [1.29, 1.82) is 0 Å². The molecular weight excluding hydrogens is 213 g/mol. The van der Waals surface area contributed by atoms with E-state index in [4.69, 9.17) is 4.74 Å². The lowest BCUT2D eigenvalue weighted by molar-refractivity contribution is -0.114. The predicted octanol–water partition coefficient (Wildman–Crippen LogP) is 1.91. The minimum Gasteiger partial charge on any atom is -0.493 e. The van der Waals surface area contributed by atoms with E-state index >= 15 is 0 Å². The molecule has 86 valence electrons. The molecule has 0 aliphatic carbocycles. The molecule has 0 heterocycles. The number of aryl methyl sites for hydroxylation is 1. The number of carbonyl (C=O) groups is 2. The van der Waals surface area contributed by atoms with Crippen LogP contribution in [0.4, 0.5) is 10.1 Å². The minimum absolute atomic E-state index is 0.00944. The van der Waals surface area contributed by atoms with Gasteiger partial charge in [0.2, 0.25) is 5.91 Å². The maximum atomic E-state index is 13.4. The van der Waals surface area contributed by atoms with Crippen LogP contribution in [-0.4, -0.2) is 19.3 Å². The lowest BCUT2D eigenvalue weighted by Gasteiger charge is -2.13. The van der Waals surface area contributed by atoms with Crippen molar-refractivity contribution in [1.82, 2.24) is 0 Å². The third-order valence-corrected chi connectivity index (χ3v) is 2.09. The Labute approximate surface area is 92.4 Å². The number of halogens is 1.